The Morgan fingerprint density at radius 1 is 1.35 bits per heavy atom. The third kappa shape index (κ3) is 7.48. The molecule has 0 aliphatic carbocycles. The summed E-state index contributed by atoms with van der Waals surface area (Å²) in [6, 6.07) is 5.70. The van der Waals surface area contributed by atoms with Gasteiger partial charge < -0.3 is 15.2 Å². The Bertz CT molecular complexity index is 509. The molecule has 0 fully saturated rings. The molecule has 5 heteroatoms. The molecule has 0 aromatic heterocycles. The summed E-state index contributed by atoms with van der Waals surface area (Å²) in [6.45, 7) is 10.3. The summed E-state index contributed by atoms with van der Waals surface area (Å²) in [4.78, 5) is 14.5. The lowest BCUT2D eigenvalue weighted by Crippen LogP contribution is -2.39. The Morgan fingerprint density at radius 3 is 2.61 bits per heavy atom. The molecule has 1 amide bonds. The van der Waals surface area contributed by atoms with Crippen LogP contribution in [0.15, 0.2) is 18.2 Å². The van der Waals surface area contributed by atoms with E-state index in [0.29, 0.717) is 30.9 Å². The van der Waals surface area contributed by atoms with Gasteiger partial charge in [-0.2, -0.15) is 0 Å². The average molecular weight is 322 g/mol. The molecule has 1 aromatic carbocycles. The number of ether oxygens (including phenoxy) is 1. The highest BCUT2D eigenvalue weighted by Gasteiger charge is 2.19. The normalized spacial score (nSPS) is 11.6. The molecule has 0 spiro atoms. The van der Waals surface area contributed by atoms with Crippen molar-refractivity contribution in [2.24, 2.45) is 5.41 Å². The van der Waals surface area contributed by atoms with Crippen LogP contribution in [0.3, 0.4) is 0 Å². The summed E-state index contributed by atoms with van der Waals surface area (Å²) < 4.78 is 5.29. The van der Waals surface area contributed by atoms with Gasteiger partial charge in [0.2, 0.25) is 5.91 Å². The molecule has 1 aromatic rings. The molecule has 0 unspecified atom stereocenters. The van der Waals surface area contributed by atoms with Crippen molar-refractivity contribution < 1.29 is 14.6 Å². The Kier molecular flexibility index (Phi) is 7.52. The van der Waals surface area contributed by atoms with Gasteiger partial charge in [-0.3, -0.25) is 9.69 Å². The number of rotatable bonds is 8. The first kappa shape index (κ1) is 19.5. The van der Waals surface area contributed by atoms with E-state index < -0.39 is 0 Å². The number of methoxy groups -OCH3 is 1. The quantitative estimate of drug-likeness (QED) is 0.772. The predicted molar refractivity (Wildman–Crippen MR) is 94.0 cm³/mol. The fourth-order valence-corrected chi connectivity index (χ4v) is 2.49. The van der Waals surface area contributed by atoms with E-state index in [1.807, 2.05) is 25.1 Å². The number of carbonyl (C=O) groups is 1. The second kappa shape index (κ2) is 8.89. The van der Waals surface area contributed by atoms with Gasteiger partial charge in [-0.25, -0.2) is 0 Å². The standard InChI is InChI=1S/C18H30N2O3/c1-14-7-8-16(23-5)15(11-14)19-17(22)12-20(9-6-10-21)13-18(2,3)4/h7-8,11,21H,6,9-10,12-13H2,1-5H3,(H,19,22). The number of carbonyl (C=O) groups excluding carboxylic acids is 1. The highest BCUT2D eigenvalue weighted by molar-refractivity contribution is 5.93. The summed E-state index contributed by atoms with van der Waals surface area (Å²) in [5.41, 5.74) is 1.85. The molecule has 0 heterocycles. The van der Waals surface area contributed by atoms with Crippen molar-refractivity contribution in [1.29, 1.82) is 0 Å². The molecule has 130 valence electrons. The summed E-state index contributed by atoms with van der Waals surface area (Å²) in [6.07, 6.45) is 0.664. The maximum atomic E-state index is 12.4. The molecule has 1 rings (SSSR count). The molecule has 0 saturated heterocycles. The second-order valence-electron chi connectivity index (χ2n) is 7.10. The minimum atomic E-state index is -0.0731. The molecule has 0 atom stereocenters. The highest BCUT2D eigenvalue weighted by Crippen LogP contribution is 2.25. The monoisotopic (exact) mass is 322 g/mol. The van der Waals surface area contributed by atoms with Gasteiger partial charge in [-0.15, -0.1) is 0 Å². The summed E-state index contributed by atoms with van der Waals surface area (Å²) in [7, 11) is 1.59. The first-order chi connectivity index (χ1) is 10.7. The fraction of sp³-hybridized carbons (Fsp3) is 0.611. The lowest BCUT2D eigenvalue weighted by atomic mass is 9.96. The number of aliphatic hydroxyl groups is 1. The number of hydrogen-bond donors (Lipinski definition) is 2. The van der Waals surface area contributed by atoms with Crippen molar-refractivity contribution in [2.75, 3.05) is 38.7 Å². The SMILES string of the molecule is COc1ccc(C)cc1NC(=O)CN(CCCO)CC(C)(C)C. The molecule has 0 aliphatic heterocycles. The third-order valence-electron chi connectivity index (χ3n) is 3.33. The van der Waals surface area contributed by atoms with Gasteiger partial charge in [-0.05, 0) is 36.5 Å². The van der Waals surface area contributed by atoms with E-state index >= 15 is 0 Å². The Labute approximate surface area is 139 Å². The fourth-order valence-electron chi connectivity index (χ4n) is 2.49. The Morgan fingerprint density at radius 2 is 2.04 bits per heavy atom. The van der Waals surface area contributed by atoms with E-state index in [0.717, 1.165) is 12.1 Å². The van der Waals surface area contributed by atoms with E-state index in [-0.39, 0.29) is 17.9 Å². The summed E-state index contributed by atoms with van der Waals surface area (Å²) in [5, 5.41) is 12.0. The number of nitrogens with zero attached hydrogens (tertiary/aromatic N) is 1. The zero-order chi connectivity index (χ0) is 17.5. The largest absolute Gasteiger partial charge is 0.495 e. The van der Waals surface area contributed by atoms with E-state index in [9.17, 15) is 4.79 Å². The van der Waals surface area contributed by atoms with E-state index in [1.165, 1.54) is 0 Å². The maximum absolute atomic E-state index is 12.4. The molecule has 0 aliphatic rings. The smallest absolute Gasteiger partial charge is 0.238 e. The lowest BCUT2D eigenvalue weighted by molar-refractivity contribution is -0.117. The Balaban J connectivity index is 2.73. The number of nitrogens with one attached hydrogen (secondary N) is 1. The topological polar surface area (TPSA) is 61.8 Å². The molecule has 5 nitrogen and oxygen atoms in total. The van der Waals surface area contributed by atoms with E-state index in [2.05, 4.69) is 31.0 Å². The predicted octanol–water partition coefficient (Wildman–Crippen LogP) is 2.67. The van der Waals surface area contributed by atoms with Crippen molar-refractivity contribution in [2.45, 2.75) is 34.1 Å². The number of anilines is 1. The highest BCUT2D eigenvalue weighted by atomic mass is 16.5. The zero-order valence-corrected chi connectivity index (χ0v) is 15.0. The molecular weight excluding hydrogens is 292 g/mol. The number of hydrogen-bond acceptors (Lipinski definition) is 4. The molecule has 23 heavy (non-hydrogen) atoms. The first-order valence-electron chi connectivity index (χ1n) is 8.03. The zero-order valence-electron chi connectivity index (χ0n) is 15.0. The van der Waals surface area contributed by atoms with Crippen LogP contribution in [0, 0.1) is 12.3 Å². The van der Waals surface area contributed by atoms with Crippen LogP contribution in [-0.4, -0.2) is 49.3 Å². The lowest BCUT2D eigenvalue weighted by Gasteiger charge is -2.29. The van der Waals surface area contributed by atoms with Gasteiger partial charge in [-0.1, -0.05) is 26.8 Å². The van der Waals surface area contributed by atoms with Gasteiger partial charge >= 0.3 is 0 Å². The second-order valence-corrected chi connectivity index (χ2v) is 7.10. The maximum Gasteiger partial charge on any atom is 0.238 e. The van der Waals surface area contributed by atoms with Crippen molar-refractivity contribution in [3.8, 4) is 5.75 Å². The van der Waals surface area contributed by atoms with Crippen molar-refractivity contribution in [3.63, 3.8) is 0 Å². The van der Waals surface area contributed by atoms with E-state index in [4.69, 9.17) is 9.84 Å². The van der Waals surface area contributed by atoms with Crippen LogP contribution in [0.1, 0.15) is 32.8 Å². The van der Waals surface area contributed by atoms with Gasteiger partial charge in [0.25, 0.3) is 0 Å². The summed E-state index contributed by atoms with van der Waals surface area (Å²) in [5.74, 6) is 0.581. The van der Waals surface area contributed by atoms with Crippen LogP contribution >= 0.6 is 0 Å². The van der Waals surface area contributed by atoms with Gasteiger partial charge in [0, 0.05) is 19.7 Å². The van der Waals surface area contributed by atoms with Crippen molar-refractivity contribution in [3.05, 3.63) is 23.8 Å². The molecule has 0 radical (unpaired) electrons. The van der Waals surface area contributed by atoms with Gasteiger partial charge in [0.05, 0.1) is 19.3 Å². The van der Waals surface area contributed by atoms with Crippen LogP contribution in [0.4, 0.5) is 5.69 Å². The molecule has 0 saturated carbocycles. The van der Waals surface area contributed by atoms with Crippen LogP contribution in [0.5, 0.6) is 5.75 Å². The van der Waals surface area contributed by atoms with Crippen molar-refractivity contribution >= 4 is 11.6 Å². The van der Waals surface area contributed by atoms with Crippen LogP contribution in [0.25, 0.3) is 0 Å². The average Bonchev–Trinajstić information content (AvgIpc) is 2.43. The van der Waals surface area contributed by atoms with E-state index in [1.54, 1.807) is 7.11 Å². The minimum Gasteiger partial charge on any atom is -0.495 e. The molecule has 0 bridgehead atoms. The number of aliphatic hydroxyl groups excluding tert-OH is 1. The van der Waals surface area contributed by atoms with Crippen LogP contribution < -0.4 is 10.1 Å². The number of benzene rings is 1. The van der Waals surface area contributed by atoms with Crippen LogP contribution in [-0.2, 0) is 4.79 Å². The number of amides is 1. The van der Waals surface area contributed by atoms with Gasteiger partial charge in [0.1, 0.15) is 5.75 Å². The molecular formula is C18H30N2O3. The molecule has 2 N–H and O–H groups in total. The third-order valence-corrected chi connectivity index (χ3v) is 3.33. The van der Waals surface area contributed by atoms with Gasteiger partial charge in [0.15, 0.2) is 0 Å². The summed E-state index contributed by atoms with van der Waals surface area (Å²) >= 11 is 0. The first-order valence-corrected chi connectivity index (χ1v) is 8.03. The van der Waals surface area contributed by atoms with Crippen molar-refractivity contribution in [1.82, 2.24) is 4.90 Å². The minimum absolute atomic E-state index is 0.0731. The number of aryl methyl sites for hydroxylation is 1. The Hall–Kier alpha value is -1.59. The van der Waals surface area contributed by atoms with Crippen LogP contribution in [0.2, 0.25) is 0 Å².